The first-order valence-corrected chi connectivity index (χ1v) is 9.40. The smallest absolute Gasteiger partial charge is 0.322 e. The molecule has 1 aliphatic rings. The maximum absolute atomic E-state index is 12.6. The highest BCUT2D eigenvalue weighted by molar-refractivity contribution is 5.95. The lowest BCUT2D eigenvalue weighted by Gasteiger charge is -2.29. The summed E-state index contributed by atoms with van der Waals surface area (Å²) < 4.78 is 5.56. The molecule has 1 heterocycles. The van der Waals surface area contributed by atoms with Gasteiger partial charge in [0, 0.05) is 30.9 Å². The van der Waals surface area contributed by atoms with Crippen LogP contribution in [0.5, 0.6) is 5.75 Å². The molecule has 0 unspecified atom stereocenters. The van der Waals surface area contributed by atoms with Gasteiger partial charge in [-0.1, -0.05) is 12.1 Å². The van der Waals surface area contributed by atoms with Crippen LogP contribution in [0, 0.1) is 0 Å². The predicted molar refractivity (Wildman–Crippen MR) is 110 cm³/mol. The number of hydrogen-bond donors (Lipinski definition) is 2. The zero-order valence-corrected chi connectivity index (χ0v) is 16.0. The predicted octanol–water partition coefficient (Wildman–Crippen LogP) is 3.59. The molecule has 0 aromatic heterocycles. The number of carbonyl (C=O) groups is 2. The van der Waals surface area contributed by atoms with Gasteiger partial charge in [-0.25, -0.2) is 4.79 Å². The Morgan fingerprint density at radius 3 is 2.68 bits per heavy atom. The largest absolute Gasteiger partial charge is 0.494 e. The van der Waals surface area contributed by atoms with Crippen LogP contribution in [-0.4, -0.2) is 36.5 Å². The third kappa shape index (κ3) is 4.71. The van der Waals surface area contributed by atoms with Crippen molar-refractivity contribution in [3.05, 3.63) is 71.8 Å². The molecule has 0 bridgehead atoms. The average Bonchev–Trinajstić information content (AvgIpc) is 2.72. The van der Waals surface area contributed by atoms with Crippen LogP contribution in [0.25, 0.3) is 0 Å². The fourth-order valence-corrected chi connectivity index (χ4v) is 3.14. The molecular formula is C22H25N3O3. The quantitative estimate of drug-likeness (QED) is 0.754. The van der Waals surface area contributed by atoms with Crippen molar-refractivity contribution in [3.63, 3.8) is 0 Å². The highest BCUT2D eigenvalue weighted by Gasteiger charge is 2.21. The minimum Gasteiger partial charge on any atom is -0.494 e. The molecule has 2 N–H and O–H groups in total. The van der Waals surface area contributed by atoms with Crippen LogP contribution >= 0.6 is 0 Å². The lowest BCUT2D eigenvalue weighted by Crippen LogP contribution is -2.38. The molecule has 2 aromatic carbocycles. The second-order valence-corrected chi connectivity index (χ2v) is 6.54. The lowest BCUT2D eigenvalue weighted by atomic mass is 10.00. The van der Waals surface area contributed by atoms with Gasteiger partial charge in [0.15, 0.2) is 0 Å². The Kier molecular flexibility index (Phi) is 6.32. The molecule has 3 amide bonds. The Morgan fingerprint density at radius 2 is 1.96 bits per heavy atom. The average molecular weight is 379 g/mol. The van der Waals surface area contributed by atoms with Gasteiger partial charge in [0.2, 0.25) is 0 Å². The summed E-state index contributed by atoms with van der Waals surface area (Å²) in [6.45, 7) is 7.76. The summed E-state index contributed by atoms with van der Waals surface area (Å²) >= 11 is 0. The highest BCUT2D eigenvalue weighted by atomic mass is 16.5. The first kappa shape index (κ1) is 19.5. The molecule has 6 nitrogen and oxygen atoms in total. The summed E-state index contributed by atoms with van der Waals surface area (Å²) in [5, 5.41) is 5.62. The molecule has 2 aromatic rings. The van der Waals surface area contributed by atoms with Gasteiger partial charge >= 0.3 is 6.03 Å². The second kappa shape index (κ2) is 9.08. The van der Waals surface area contributed by atoms with Crippen LogP contribution in [0.15, 0.2) is 55.1 Å². The fraction of sp³-hybridized carbons (Fsp3) is 0.273. The number of benzene rings is 2. The van der Waals surface area contributed by atoms with Crippen LogP contribution in [-0.2, 0) is 13.0 Å². The number of nitrogens with zero attached hydrogens (tertiary/aromatic N) is 1. The van der Waals surface area contributed by atoms with Gasteiger partial charge in [-0.2, -0.15) is 0 Å². The zero-order chi connectivity index (χ0) is 19.9. The Labute approximate surface area is 165 Å². The summed E-state index contributed by atoms with van der Waals surface area (Å²) in [5.74, 6) is 0.657. The second-order valence-electron chi connectivity index (χ2n) is 6.54. The van der Waals surface area contributed by atoms with E-state index in [9.17, 15) is 9.59 Å². The van der Waals surface area contributed by atoms with Crippen molar-refractivity contribution in [2.45, 2.75) is 19.9 Å². The van der Waals surface area contributed by atoms with Crippen LogP contribution in [0.4, 0.5) is 10.5 Å². The maximum Gasteiger partial charge on any atom is 0.322 e. The van der Waals surface area contributed by atoms with E-state index in [4.69, 9.17) is 4.74 Å². The number of urea groups is 1. The van der Waals surface area contributed by atoms with Crippen LogP contribution in [0.2, 0.25) is 0 Å². The van der Waals surface area contributed by atoms with Gasteiger partial charge < -0.3 is 20.3 Å². The summed E-state index contributed by atoms with van der Waals surface area (Å²) in [6, 6.07) is 12.7. The Hall–Kier alpha value is -3.28. The van der Waals surface area contributed by atoms with E-state index in [1.807, 2.05) is 19.1 Å². The minimum atomic E-state index is -0.171. The van der Waals surface area contributed by atoms with Crippen molar-refractivity contribution in [2.24, 2.45) is 0 Å². The third-order valence-electron chi connectivity index (χ3n) is 4.59. The first-order valence-electron chi connectivity index (χ1n) is 9.40. The van der Waals surface area contributed by atoms with E-state index < -0.39 is 0 Å². The van der Waals surface area contributed by atoms with Gasteiger partial charge in [0.05, 0.1) is 6.61 Å². The SMILES string of the molecule is C=CCNC(=O)c1ccc(NC(=O)N2CCc3ccc(OCC)cc3C2)cc1. The summed E-state index contributed by atoms with van der Waals surface area (Å²) in [4.78, 5) is 26.3. The molecule has 28 heavy (non-hydrogen) atoms. The van der Waals surface area contributed by atoms with E-state index in [2.05, 4.69) is 23.3 Å². The van der Waals surface area contributed by atoms with Crippen molar-refractivity contribution >= 4 is 17.6 Å². The van der Waals surface area contributed by atoms with Crippen molar-refractivity contribution < 1.29 is 14.3 Å². The van der Waals surface area contributed by atoms with E-state index in [0.29, 0.717) is 37.5 Å². The van der Waals surface area contributed by atoms with E-state index in [-0.39, 0.29) is 11.9 Å². The van der Waals surface area contributed by atoms with Crippen LogP contribution < -0.4 is 15.4 Å². The third-order valence-corrected chi connectivity index (χ3v) is 4.59. The number of carbonyl (C=O) groups excluding carboxylic acids is 2. The number of nitrogens with one attached hydrogen (secondary N) is 2. The number of rotatable bonds is 6. The Balaban J connectivity index is 1.61. The number of hydrogen-bond acceptors (Lipinski definition) is 3. The molecule has 0 saturated heterocycles. The molecule has 0 spiro atoms. The van der Waals surface area contributed by atoms with Gasteiger partial charge in [-0.15, -0.1) is 6.58 Å². The van der Waals surface area contributed by atoms with Gasteiger partial charge in [-0.05, 0) is 60.9 Å². The summed E-state index contributed by atoms with van der Waals surface area (Å²) in [5.41, 5.74) is 3.55. The molecular weight excluding hydrogens is 354 g/mol. The van der Waals surface area contributed by atoms with Crippen molar-refractivity contribution in [2.75, 3.05) is 25.0 Å². The Bertz CT molecular complexity index is 862. The van der Waals surface area contributed by atoms with E-state index in [0.717, 1.165) is 17.7 Å². The molecule has 0 atom stereocenters. The van der Waals surface area contributed by atoms with Gasteiger partial charge in [-0.3, -0.25) is 4.79 Å². The van der Waals surface area contributed by atoms with Crippen molar-refractivity contribution in [1.29, 1.82) is 0 Å². The molecule has 146 valence electrons. The standard InChI is InChI=1S/C22H25N3O3/c1-3-12-23-21(26)17-5-8-19(9-6-17)24-22(27)25-13-11-16-7-10-20(28-4-2)14-18(16)15-25/h3,5-10,14H,1,4,11-13,15H2,2H3,(H,23,26)(H,24,27). The monoisotopic (exact) mass is 379 g/mol. The molecule has 0 radical (unpaired) electrons. The summed E-state index contributed by atoms with van der Waals surface area (Å²) in [7, 11) is 0. The normalized spacial score (nSPS) is 12.7. The molecule has 6 heteroatoms. The fourth-order valence-electron chi connectivity index (χ4n) is 3.14. The van der Waals surface area contributed by atoms with E-state index in [1.54, 1.807) is 35.2 Å². The number of amides is 3. The van der Waals surface area contributed by atoms with Crippen LogP contribution in [0.1, 0.15) is 28.4 Å². The molecule has 1 aliphatic heterocycles. The van der Waals surface area contributed by atoms with Gasteiger partial charge in [0.25, 0.3) is 5.91 Å². The number of ether oxygens (including phenoxy) is 1. The van der Waals surface area contributed by atoms with Crippen molar-refractivity contribution in [1.82, 2.24) is 10.2 Å². The molecule has 0 fully saturated rings. The Morgan fingerprint density at radius 1 is 1.18 bits per heavy atom. The lowest BCUT2D eigenvalue weighted by molar-refractivity contribution is 0.0958. The molecule has 0 saturated carbocycles. The highest BCUT2D eigenvalue weighted by Crippen LogP contribution is 2.24. The topological polar surface area (TPSA) is 70.7 Å². The number of fused-ring (bicyclic) bond motifs is 1. The number of anilines is 1. The van der Waals surface area contributed by atoms with Crippen molar-refractivity contribution in [3.8, 4) is 5.75 Å². The first-order chi connectivity index (χ1) is 13.6. The van der Waals surface area contributed by atoms with E-state index >= 15 is 0 Å². The minimum absolute atomic E-state index is 0.156. The summed E-state index contributed by atoms with van der Waals surface area (Å²) in [6.07, 6.45) is 2.44. The van der Waals surface area contributed by atoms with Gasteiger partial charge in [0.1, 0.15) is 5.75 Å². The molecule has 3 rings (SSSR count). The zero-order valence-electron chi connectivity index (χ0n) is 16.0. The van der Waals surface area contributed by atoms with E-state index in [1.165, 1.54) is 5.56 Å². The maximum atomic E-state index is 12.6. The molecule has 0 aliphatic carbocycles. The van der Waals surface area contributed by atoms with Crippen LogP contribution in [0.3, 0.4) is 0 Å².